The molecule has 26 heavy (non-hydrogen) atoms. The highest BCUT2D eigenvalue weighted by Gasteiger charge is 2.19. The van der Waals surface area contributed by atoms with Gasteiger partial charge in [-0.1, -0.05) is 42.5 Å². The molecular weight excluding hydrogens is 342 g/mol. The third-order valence-electron chi connectivity index (χ3n) is 4.41. The highest BCUT2D eigenvalue weighted by atomic mass is 32.1. The van der Waals surface area contributed by atoms with Crippen molar-refractivity contribution in [3.63, 3.8) is 0 Å². The molecular formula is C21H21N3OS. The van der Waals surface area contributed by atoms with Gasteiger partial charge < -0.3 is 4.90 Å². The van der Waals surface area contributed by atoms with Crippen LogP contribution in [-0.2, 0) is 6.42 Å². The average molecular weight is 363 g/mol. The van der Waals surface area contributed by atoms with Crippen LogP contribution < -0.4 is 4.90 Å². The monoisotopic (exact) mass is 363 g/mol. The van der Waals surface area contributed by atoms with Crippen LogP contribution in [0.1, 0.15) is 33.8 Å². The summed E-state index contributed by atoms with van der Waals surface area (Å²) in [4.78, 5) is 18.8. The molecule has 0 N–H and O–H groups in total. The van der Waals surface area contributed by atoms with Crippen molar-refractivity contribution in [2.45, 2.75) is 26.2 Å². The summed E-state index contributed by atoms with van der Waals surface area (Å²) in [5, 5.41) is 9.92. The van der Waals surface area contributed by atoms with Crippen molar-refractivity contribution in [1.29, 1.82) is 5.26 Å². The summed E-state index contributed by atoms with van der Waals surface area (Å²) in [5.41, 5.74) is 2.87. The van der Waals surface area contributed by atoms with Gasteiger partial charge in [-0.25, -0.2) is 4.98 Å². The van der Waals surface area contributed by atoms with Crippen LogP contribution in [0, 0.1) is 24.2 Å². The zero-order valence-corrected chi connectivity index (χ0v) is 15.6. The summed E-state index contributed by atoms with van der Waals surface area (Å²) in [6.07, 6.45) is 9.52. The maximum Gasteiger partial charge on any atom is 0.190 e. The van der Waals surface area contributed by atoms with Crippen LogP contribution in [0.25, 0.3) is 0 Å². The third kappa shape index (κ3) is 4.27. The second-order valence-electron chi connectivity index (χ2n) is 6.26. The molecule has 1 aliphatic carbocycles. The van der Waals surface area contributed by atoms with Crippen molar-refractivity contribution in [3.8, 4) is 6.07 Å². The van der Waals surface area contributed by atoms with E-state index in [9.17, 15) is 4.79 Å². The molecule has 1 atom stereocenters. The standard InChI is InChI=1S/C21H21N3OS/c1-16-20(15-25)23-21(26-16)24(19-11-9-18(14-22)10-12-19)13-5-8-17-6-3-2-4-7-17/h2-4,6-7,9,11-12,15,18H,5,8,10,13H2,1H3. The van der Waals surface area contributed by atoms with E-state index in [0.29, 0.717) is 12.1 Å². The number of hydrogen-bond acceptors (Lipinski definition) is 5. The predicted molar refractivity (Wildman–Crippen MR) is 105 cm³/mol. The number of carbonyl (C=O) groups is 1. The Bertz CT molecular complexity index is 861. The molecule has 0 fully saturated rings. The first-order valence-corrected chi connectivity index (χ1v) is 9.55. The maximum absolute atomic E-state index is 11.2. The lowest BCUT2D eigenvalue weighted by Crippen LogP contribution is -2.24. The molecule has 0 bridgehead atoms. The maximum atomic E-state index is 11.2. The van der Waals surface area contributed by atoms with Crippen LogP contribution in [0.2, 0.25) is 0 Å². The quantitative estimate of drug-likeness (QED) is 0.670. The van der Waals surface area contributed by atoms with E-state index in [-0.39, 0.29) is 5.92 Å². The largest absolute Gasteiger partial charge is 0.318 e. The molecule has 1 heterocycles. The van der Waals surface area contributed by atoms with Crippen molar-refractivity contribution in [3.05, 3.63) is 70.4 Å². The van der Waals surface area contributed by atoms with Gasteiger partial charge in [-0.2, -0.15) is 5.26 Å². The predicted octanol–water partition coefficient (Wildman–Crippen LogP) is 4.69. The number of nitriles is 1. The number of aromatic nitrogens is 1. The molecule has 4 nitrogen and oxygen atoms in total. The molecule has 0 spiro atoms. The third-order valence-corrected chi connectivity index (χ3v) is 5.42. The van der Waals surface area contributed by atoms with E-state index in [1.807, 2.05) is 25.1 Å². The van der Waals surface area contributed by atoms with E-state index in [1.165, 1.54) is 16.9 Å². The Morgan fingerprint density at radius 2 is 2.19 bits per heavy atom. The summed E-state index contributed by atoms with van der Waals surface area (Å²) in [6, 6.07) is 12.7. The SMILES string of the molecule is Cc1sc(N(CCCc2ccccc2)C2=CCC(C#N)C=C2)nc1C=O. The zero-order valence-electron chi connectivity index (χ0n) is 14.8. The number of allylic oxidation sites excluding steroid dienone is 3. The van der Waals surface area contributed by atoms with Crippen molar-refractivity contribution >= 4 is 22.8 Å². The molecule has 132 valence electrons. The van der Waals surface area contributed by atoms with Gasteiger partial charge in [0.05, 0.1) is 12.0 Å². The van der Waals surface area contributed by atoms with Gasteiger partial charge in [0.2, 0.25) is 0 Å². The van der Waals surface area contributed by atoms with Crippen LogP contribution in [0.15, 0.2) is 54.3 Å². The Morgan fingerprint density at radius 3 is 2.81 bits per heavy atom. The summed E-state index contributed by atoms with van der Waals surface area (Å²) in [5.74, 6) is -0.0616. The first-order valence-electron chi connectivity index (χ1n) is 8.73. The fraction of sp³-hybridized carbons (Fsp3) is 0.286. The molecule has 1 unspecified atom stereocenters. The van der Waals surface area contributed by atoms with Crippen LogP contribution in [0.3, 0.4) is 0 Å². The number of thiazole rings is 1. The Hall–Kier alpha value is -2.71. The van der Waals surface area contributed by atoms with Crippen LogP contribution in [0.5, 0.6) is 0 Å². The first kappa shape index (κ1) is 18.1. The van der Waals surface area contributed by atoms with Crippen LogP contribution >= 0.6 is 11.3 Å². The Morgan fingerprint density at radius 1 is 1.38 bits per heavy atom. The minimum Gasteiger partial charge on any atom is -0.318 e. The number of hydrogen-bond donors (Lipinski definition) is 0. The second-order valence-corrected chi connectivity index (χ2v) is 7.44. The van der Waals surface area contributed by atoms with Crippen molar-refractivity contribution in [2.75, 3.05) is 11.4 Å². The summed E-state index contributed by atoms with van der Waals surface area (Å²) in [6.45, 7) is 2.73. The lowest BCUT2D eigenvalue weighted by molar-refractivity contribution is 0.111. The Labute approximate surface area is 158 Å². The molecule has 0 amide bonds. The van der Waals surface area contributed by atoms with E-state index in [4.69, 9.17) is 5.26 Å². The highest BCUT2D eigenvalue weighted by Crippen LogP contribution is 2.30. The van der Waals surface area contributed by atoms with Gasteiger partial charge >= 0.3 is 0 Å². The number of carbonyl (C=O) groups excluding carboxylic acids is 1. The fourth-order valence-electron chi connectivity index (χ4n) is 2.94. The van der Waals surface area contributed by atoms with Gasteiger partial charge in [-0.3, -0.25) is 4.79 Å². The van der Waals surface area contributed by atoms with Crippen molar-refractivity contribution in [2.24, 2.45) is 5.92 Å². The first-order chi connectivity index (χ1) is 12.7. The van der Waals surface area contributed by atoms with Gasteiger partial charge in [0.25, 0.3) is 0 Å². The number of aldehydes is 1. The lowest BCUT2D eigenvalue weighted by atomic mass is 10.0. The van der Waals surface area contributed by atoms with Gasteiger partial charge in [0.15, 0.2) is 11.4 Å². The second kappa shape index (κ2) is 8.59. The molecule has 2 aromatic rings. The van der Waals surface area contributed by atoms with Gasteiger partial charge in [0.1, 0.15) is 5.69 Å². The van der Waals surface area contributed by atoms with Crippen LogP contribution in [-0.4, -0.2) is 17.8 Å². The Balaban J connectivity index is 1.77. The normalized spacial score (nSPS) is 16.0. The van der Waals surface area contributed by atoms with Crippen molar-refractivity contribution < 1.29 is 4.79 Å². The topological polar surface area (TPSA) is 57.0 Å². The number of benzene rings is 1. The Kier molecular flexibility index (Phi) is 5.98. The minimum atomic E-state index is -0.0616. The summed E-state index contributed by atoms with van der Waals surface area (Å²) >= 11 is 1.54. The van der Waals surface area contributed by atoms with E-state index in [0.717, 1.165) is 41.4 Å². The molecule has 5 heteroatoms. The number of aryl methyl sites for hydroxylation is 2. The summed E-state index contributed by atoms with van der Waals surface area (Å²) < 4.78 is 0. The molecule has 1 aliphatic rings. The lowest BCUT2D eigenvalue weighted by Gasteiger charge is -2.25. The van der Waals surface area contributed by atoms with E-state index in [1.54, 1.807) is 0 Å². The van der Waals surface area contributed by atoms with Crippen LogP contribution in [0.4, 0.5) is 5.13 Å². The van der Waals surface area contributed by atoms with Gasteiger partial charge in [0, 0.05) is 17.1 Å². The van der Waals surface area contributed by atoms with Gasteiger partial charge in [-0.15, -0.1) is 11.3 Å². The minimum absolute atomic E-state index is 0.0616. The van der Waals surface area contributed by atoms with Gasteiger partial charge in [-0.05, 0) is 37.8 Å². The fourth-order valence-corrected chi connectivity index (χ4v) is 3.87. The molecule has 0 saturated heterocycles. The molecule has 1 aromatic heterocycles. The highest BCUT2D eigenvalue weighted by molar-refractivity contribution is 7.15. The molecule has 0 aliphatic heterocycles. The molecule has 1 aromatic carbocycles. The van der Waals surface area contributed by atoms with E-state index >= 15 is 0 Å². The zero-order chi connectivity index (χ0) is 18.4. The average Bonchev–Trinajstić information content (AvgIpc) is 3.06. The van der Waals surface area contributed by atoms with E-state index in [2.05, 4.69) is 46.3 Å². The molecule has 3 rings (SSSR count). The van der Waals surface area contributed by atoms with Crippen molar-refractivity contribution in [1.82, 2.24) is 4.98 Å². The smallest absolute Gasteiger partial charge is 0.190 e. The summed E-state index contributed by atoms with van der Waals surface area (Å²) in [7, 11) is 0. The molecule has 0 radical (unpaired) electrons. The number of anilines is 1. The van der Waals surface area contributed by atoms with E-state index < -0.39 is 0 Å². The number of nitrogens with zero attached hydrogens (tertiary/aromatic N) is 3. The molecule has 0 saturated carbocycles. The number of rotatable bonds is 7.